The van der Waals surface area contributed by atoms with E-state index < -0.39 is 14.6 Å². The van der Waals surface area contributed by atoms with Gasteiger partial charge in [-0.1, -0.05) is 11.8 Å². The highest BCUT2D eigenvalue weighted by molar-refractivity contribution is 8.14. The van der Waals surface area contributed by atoms with Crippen LogP contribution in [0.25, 0.3) is 0 Å². The quantitative estimate of drug-likeness (QED) is 0.840. The van der Waals surface area contributed by atoms with Gasteiger partial charge in [-0.15, -0.1) is 0 Å². The summed E-state index contributed by atoms with van der Waals surface area (Å²) in [7, 11) is -3.04. The molecule has 2 rings (SSSR count). The average molecular weight is 276 g/mol. The molecule has 1 fully saturated rings. The van der Waals surface area contributed by atoms with Crippen LogP contribution in [0.1, 0.15) is 26.7 Å². The Labute approximate surface area is 108 Å². The lowest BCUT2D eigenvalue weighted by atomic mass is 10.2. The predicted molar refractivity (Wildman–Crippen MR) is 73.3 cm³/mol. The molecule has 6 heteroatoms. The summed E-state index contributed by atoms with van der Waals surface area (Å²) < 4.78 is 22.4. The van der Waals surface area contributed by atoms with Crippen molar-refractivity contribution in [2.24, 2.45) is 10.9 Å². The maximum atomic E-state index is 11.6. The van der Waals surface area contributed by atoms with Crippen molar-refractivity contribution in [1.29, 1.82) is 0 Å². The van der Waals surface area contributed by atoms with Gasteiger partial charge in [-0.25, -0.2) is 8.42 Å². The molecule has 0 aromatic carbocycles. The molecule has 1 aliphatic heterocycles. The summed E-state index contributed by atoms with van der Waals surface area (Å²) >= 11 is 1.78. The fraction of sp³-hybridized carbons (Fsp3) is 0.909. The molecule has 1 heterocycles. The molecule has 0 saturated heterocycles. The highest BCUT2D eigenvalue weighted by Crippen LogP contribution is 2.41. The second-order valence-corrected chi connectivity index (χ2v) is 9.40. The van der Waals surface area contributed by atoms with Crippen molar-refractivity contribution in [3.05, 3.63) is 0 Å². The maximum absolute atomic E-state index is 11.6. The Bertz CT molecular complexity index is 425. The number of hydrogen-bond acceptors (Lipinski definition) is 5. The summed E-state index contributed by atoms with van der Waals surface area (Å²) in [6.45, 7) is 4.80. The number of nitrogens with one attached hydrogen (secondary N) is 1. The zero-order valence-corrected chi connectivity index (χ0v) is 12.2. The summed E-state index contributed by atoms with van der Waals surface area (Å²) in [5, 5.41) is 4.71. The molecule has 1 atom stereocenters. The third-order valence-corrected chi connectivity index (χ3v) is 6.98. The molecule has 17 heavy (non-hydrogen) atoms. The molecule has 0 amide bonds. The van der Waals surface area contributed by atoms with Crippen LogP contribution >= 0.6 is 11.8 Å². The molecule has 1 saturated carbocycles. The molecule has 0 bridgehead atoms. The van der Waals surface area contributed by atoms with Crippen molar-refractivity contribution >= 4 is 26.8 Å². The van der Waals surface area contributed by atoms with Crippen LogP contribution in [0.15, 0.2) is 4.99 Å². The van der Waals surface area contributed by atoms with E-state index in [4.69, 9.17) is 0 Å². The minimum Gasteiger partial charge on any atom is -0.363 e. The van der Waals surface area contributed by atoms with E-state index in [1.807, 2.05) is 0 Å². The van der Waals surface area contributed by atoms with E-state index in [0.717, 1.165) is 17.6 Å². The molecular formula is C11H20N2O2S2. The topological polar surface area (TPSA) is 58.5 Å². The van der Waals surface area contributed by atoms with Crippen molar-refractivity contribution < 1.29 is 8.42 Å². The summed E-state index contributed by atoms with van der Waals surface area (Å²) in [4.78, 5) is 4.44. The van der Waals surface area contributed by atoms with Gasteiger partial charge in [0.05, 0.1) is 11.3 Å². The zero-order valence-electron chi connectivity index (χ0n) is 10.6. The van der Waals surface area contributed by atoms with Crippen LogP contribution in [-0.4, -0.2) is 42.9 Å². The van der Waals surface area contributed by atoms with E-state index >= 15 is 0 Å². The minimum atomic E-state index is -3.04. The van der Waals surface area contributed by atoms with Gasteiger partial charge in [0.15, 0.2) is 15.0 Å². The SMILES string of the molecule is CC(C)(CNC1=NCC(C2CC2)S1)S(C)(=O)=O. The third kappa shape index (κ3) is 3.16. The van der Waals surface area contributed by atoms with E-state index in [1.165, 1.54) is 19.1 Å². The highest BCUT2D eigenvalue weighted by atomic mass is 32.2. The smallest absolute Gasteiger partial charge is 0.156 e. The van der Waals surface area contributed by atoms with E-state index in [0.29, 0.717) is 11.8 Å². The molecule has 0 aromatic heterocycles. The van der Waals surface area contributed by atoms with Gasteiger partial charge in [-0.3, -0.25) is 4.99 Å². The number of aliphatic imine (C=N–C) groups is 1. The summed E-state index contributed by atoms with van der Waals surface area (Å²) in [5.74, 6) is 0.839. The first-order chi connectivity index (χ1) is 7.79. The first-order valence-electron chi connectivity index (χ1n) is 5.94. The normalized spacial score (nSPS) is 25.8. The van der Waals surface area contributed by atoms with Crippen molar-refractivity contribution in [2.75, 3.05) is 19.3 Å². The average Bonchev–Trinajstić information content (AvgIpc) is 2.94. The Hall–Kier alpha value is -0.230. The fourth-order valence-corrected chi connectivity index (χ4v) is 3.16. The van der Waals surface area contributed by atoms with Crippen molar-refractivity contribution in [3.63, 3.8) is 0 Å². The second kappa shape index (κ2) is 4.46. The molecule has 1 aliphatic carbocycles. The van der Waals surface area contributed by atoms with Crippen molar-refractivity contribution in [3.8, 4) is 0 Å². The predicted octanol–water partition coefficient (Wildman–Crippen LogP) is 1.28. The first kappa shape index (κ1) is 13.2. The minimum absolute atomic E-state index is 0.426. The molecule has 0 radical (unpaired) electrons. The molecular weight excluding hydrogens is 256 g/mol. The molecule has 2 aliphatic rings. The van der Waals surface area contributed by atoms with E-state index in [-0.39, 0.29) is 0 Å². The molecule has 0 aromatic rings. The van der Waals surface area contributed by atoms with Crippen LogP contribution in [0.5, 0.6) is 0 Å². The largest absolute Gasteiger partial charge is 0.363 e. The number of rotatable bonds is 4. The summed E-state index contributed by atoms with van der Waals surface area (Å²) in [6, 6.07) is 0. The Balaban J connectivity index is 1.83. The maximum Gasteiger partial charge on any atom is 0.156 e. The highest BCUT2D eigenvalue weighted by Gasteiger charge is 2.36. The van der Waals surface area contributed by atoms with Crippen LogP contribution in [0.4, 0.5) is 0 Å². The number of hydrogen-bond donors (Lipinski definition) is 1. The van der Waals surface area contributed by atoms with E-state index in [2.05, 4.69) is 10.3 Å². The number of nitrogens with zero attached hydrogens (tertiary/aromatic N) is 1. The van der Waals surface area contributed by atoms with Gasteiger partial charge in [-0.2, -0.15) is 0 Å². The molecule has 1 N–H and O–H groups in total. The van der Waals surface area contributed by atoms with Gasteiger partial charge in [0.1, 0.15) is 0 Å². The Morgan fingerprint density at radius 1 is 1.47 bits per heavy atom. The van der Waals surface area contributed by atoms with E-state index in [1.54, 1.807) is 25.6 Å². The van der Waals surface area contributed by atoms with Gasteiger partial charge in [0.25, 0.3) is 0 Å². The molecule has 98 valence electrons. The Kier molecular flexibility index (Phi) is 3.47. The van der Waals surface area contributed by atoms with Crippen LogP contribution < -0.4 is 5.32 Å². The molecule has 0 spiro atoms. The van der Waals surface area contributed by atoms with Gasteiger partial charge in [0.2, 0.25) is 0 Å². The number of thioether (sulfide) groups is 1. The lowest BCUT2D eigenvalue weighted by Gasteiger charge is -2.23. The standard InChI is InChI=1S/C11H20N2O2S2/c1-11(2,17(3,14)15)7-13-10-12-6-9(16-10)8-4-5-8/h8-9H,4-7H2,1-3H3,(H,12,13). The van der Waals surface area contributed by atoms with Crippen LogP contribution in [0.3, 0.4) is 0 Å². The number of amidine groups is 1. The first-order valence-corrected chi connectivity index (χ1v) is 8.71. The fourth-order valence-electron chi connectivity index (χ4n) is 1.62. The summed E-state index contributed by atoms with van der Waals surface area (Å²) in [6.07, 6.45) is 3.94. The molecule has 1 unspecified atom stereocenters. The lowest BCUT2D eigenvalue weighted by molar-refractivity contribution is 0.547. The van der Waals surface area contributed by atoms with Crippen molar-refractivity contribution in [2.45, 2.75) is 36.7 Å². The molecule has 4 nitrogen and oxygen atoms in total. The Morgan fingerprint density at radius 3 is 2.65 bits per heavy atom. The third-order valence-electron chi connectivity index (χ3n) is 3.49. The number of sulfone groups is 1. The Morgan fingerprint density at radius 2 is 2.12 bits per heavy atom. The van der Waals surface area contributed by atoms with Crippen LogP contribution in [0.2, 0.25) is 0 Å². The van der Waals surface area contributed by atoms with Gasteiger partial charge in [-0.05, 0) is 32.6 Å². The lowest BCUT2D eigenvalue weighted by Crippen LogP contribution is -2.43. The second-order valence-electron chi connectivity index (χ2n) is 5.52. The van der Waals surface area contributed by atoms with Gasteiger partial charge >= 0.3 is 0 Å². The van der Waals surface area contributed by atoms with Crippen molar-refractivity contribution in [1.82, 2.24) is 5.32 Å². The van der Waals surface area contributed by atoms with Gasteiger partial charge < -0.3 is 5.32 Å². The summed E-state index contributed by atoms with van der Waals surface area (Å²) in [5.41, 5.74) is 0. The van der Waals surface area contributed by atoms with E-state index in [9.17, 15) is 8.42 Å². The van der Waals surface area contributed by atoms with Crippen LogP contribution in [-0.2, 0) is 9.84 Å². The zero-order chi connectivity index (χ0) is 12.7. The van der Waals surface area contributed by atoms with Gasteiger partial charge in [0, 0.05) is 18.1 Å². The van der Waals surface area contributed by atoms with Crippen LogP contribution in [0, 0.1) is 5.92 Å². The monoisotopic (exact) mass is 276 g/mol.